The zero-order chi connectivity index (χ0) is 18.1. The zero-order valence-corrected chi connectivity index (χ0v) is 15.1. The van der Waals surface area contributed by atoms with E-state index in [1.807, 2.05) is 5.38 Å². The predicted molar refractivity (Wildman–Crippen MR) is 96.0 cm³/mol. The summed E-state index contributed by atoms with van der Waals surface area (Å²) in [5, 5.41) is 2.35. The highest BCUT2D eigenvalue weighted by molar-refractivity contribution is 7.16. The maximum Gasteiger partial charge on any atom is 0.262 e. The number of hydrogen-bond donors (Lipinski definition) is 0. The van der Waals surface area contributed by atoms with Gasteiger partial charge >= 0.3 is 0 Å². The number of carbonyl (C=O) groups excluding carboxylic acids is 2. The van der Waals surface area contributed by atoms with Crippen LogP contribution in [-0.4, -0.2) is 70.1 Å². The van der Waals surface area contributed by atoms with E-state index in [1.165, 1.54) is 22.2 Å². The van der Waals surface area contributed by atoms with Crippen LogP contribution in [0.4, 0.5) is 0 Å². The standard InChI is InChI=1S/C17H20N4O4S/c22-14(10-21-11-18-15-12(16(21)23)3-9-26-15)19-4-6-20(7-5-19)17(24)13-2-1-8-25-13/h3,9,11,13H,1-2,4-8,10H2. The Morgan fingerprint density at radius 2 is 2.00 bits per heavy atom. The van der Waals surface area contributed by atoms with Crippen molar-refractivity contribution in [1.29, 1.82) is 0 Å². The van der Waals surface area contributed by atoms with Crippen molar-refractivity contribution in [3.05, 3.63) is 28.1 Å². The van der Waals surface area contributed by atoms with Gasteiger partial charge in [-0.2, -0.15) is 0 Å². The normalized spacial score (nSPS) is 20.7. The highest BCUT2D eigenvalue weighted by atomic mass is 32.1. The Hall–Kier alpha value is -2.26. The van der Waals surface area contributed by atoms with Gasteiger partial charge in [-0.1, -0.05) is 0 Å². The van der Waals surface area contributed by atoms with Crippen LogP contribution >= 0.6 is 11.3 Å². The summed E-state index contributed by atoms with van der Waals surface area (Å²) >= 11 is 1.40. The van der Waals surface area contributed by atoms with Crippen LogP contribution in [0.3, 0.4) is 0 Å². The van der Waals surface area contributed by atoms with Crippen LogP contribution in [0.15, 0.2) is 22.6 Å². The number of carbonyl (C=O) groups is 2. The van der Waals surface area contributed by atoms with Gasteiger partial charge in [0.2, 0.25) is 5.91 Å². The number of piperazine rings is 1. The second kappa shape index (κ2) is 7.16. The molecule has 0 saturated carbocycles. The second-order valence-corrected chi connectivity index (χ2v) is 7.42. The molecule has 0 aliphatic carbocycles. The topological polar surface area (TPSA) is 84.7 Å². The smallest absolute Gasteiger partial charge is 0.262 e. The van der Waals surface area contributed by atoms with Crippen LogP contribution in [0.2, 0.25) is 0 Å². The van der Waals surface area contributed by atoms with Gasteiger partial charge < -0.3 is 14.5 Å². The molecule has 8 nitrogen and oxygen atoms in total. The summed E-state index contributed by atoms with van der Waals surface area (Å²) in [5.41, 5.74) is -0.197. The largest absolute Gasteiger partial charge is 0.368 e. The van der Waals surface area contributed by atoms with E-state index in [1.54, 1.807) is 15.9 Å². The molecule has 2 saturated heterocycles. The fraction of sp³-hybridized carbons (Fsp3) is 0.529. The molecular formula is C17H20N4O4S. The molecule has 2 amide bonds. The number of ether oxygens (including phenoxy) is 1. The molecule has 2 aromatic rings. The van der Waals surface area contributed by atoms with Crippen molar-refractivity contribution in [3.8, 4) is 0 Å². The SMILES string of the molecule is O=C(Cn1cnc2sccc2c1=O)N1CCN(C(=O)C2CCCO2)CC1. The van der Waals surface area contributed by atoms with Crippen LogP contribution < -0.4 is 5.56 Å². The van der Waals surface area contributed by atoms with E-state index in [0.717, 1.165) is 12.8 Å². The highest BCUT2D eigenvalue weighted by Crippen LogP contribution is 2.16. The molecule has 26 heavy (non-hydrogen) atoms. The monoisotopic (exact) mass is 376 g/mol. The first-order valence-corrected chi connectivity index (χ1v) is 9.62. The molecule has 4 heterocycles. The van der Waals surface area contributed by atoms with E-state index in [4.69, 9.17) is 4.74 Å². The van der Waals surface area contributed by atoms with Crippen LogP contribution in [0.5, 0.6) is 0 Å². The number of rotatable bonds is 3. The van der Waals surface area contributed by atoms with Gasteiger partial charge in [0.15, 0.2) is 0 Å². The van der Waals surface area contributed by atoms with Crippen molar-refractivity contribution in [1.82, 2.24) is 19.4 Å². The fourth-order valence-corrected chi connectivity index (χ4v) is 4.13. The highest BCUT2D eigenvalue weighted by Gasteiger charge is 2.31. The molecule has 0 aromatic carbocycles. The molecule has 2 aliphatic rings. The molecule has 138 valence electrons. The summed E-state index contributed by atoms with van der Waals surface area (Å²) in [6, 6.07) is 1.73. The van der Waals surface area contributed by atoms with Gasteiger partial charge in [-0.05, 0) is 24.3 Å². The summed E-state index contributed by atoms with van der Waals surface area (Å²) in [4.78, 5) is 45.7. The maximum atomic E-state index is 12.5. The van der Waals surface area contributed by atoms with Crippen molar-refractivity contribution in [2.75, 3.05) is 32.8 Å². The van der Waals surface area contributed by atoms with Crippen LogP contribution in [0.25, 0.3) is 10.2 Å². The number of thiophene rings is 1. The first kappa shape index (κ1) is 17.2. The fourth-order valence-electron chi connectivity index (χ4n) is 3.40. The Bertz CT molecular complexity index is 878. The Balaban J connectivity index is 1.36. The third-order valence-electron chi connectivity index (χ3n) is 4.91. The van der Waals surface area contributed by atoms with E-state index >= 15 is 0 Å². The minimum Gasteiger partial charge on any atom is -0.368 e. The van der Waals surface area contributed by atoms with Gasteiger partial charge in [0, 0.05) is 32.8 Å². The minimum atomic E-state index is -0.320. The van der Waals surface area contributed by atoms with Gasteiger partial charge in [0.05, 0.1) is 11.7 Å². The number of hydrogen-bond acceptors (Lipinski definition) is 6. The number of amides is 2. The molecule has 2 fully saturated rings. The molecular weight excluding hydrogens is 356 g/mol. The van der Waals surface area contributed by atoms with E-state index < -0.39 is 0 Å². The lowest BCUT2D eigenvalue weighted by molar-refractivity contribution is -0.146. The van der Waals surface area contributed by atoms with Gasteiger partial charge in [0.25, 0.3) is 11.5 Å². The van der Waals surface area contributed by atoms with E-state index in [-0.39, 0.29) is 30.0 Å². The third kappa shape index (κ3) is 3.24. The summed E-state index contributed by atoms with van der Waals surface area (Å²) in [5.74, 6) is -0.106. The number of fused-ring (bicyclic) bond motifs is 1. The average Bonchev–Trinajstić information content (AvgIpc) is 3.35. The van der Waals surface area contributed by atoms with E-state index in [0.29, 0.717) is 43.0 Å². The average molecular weight is 376 g/mol. The van der Waals surface area contributed by atoms with Crippen molar-refractivity contribution in [2.45, 2.75) is 25.5 Å². The quantitative estimate of drug-likeness (QED) is 0.770. The molecule has 9 heteroatoms. The van der Waals surface area contributed by atoms with Crippen molar-refractivity contribution < 1.29 is 14.3 Å². The number of nitrogens with zero attached hydrogens (tertiary/aromatic N) is 4. The Kier molecular flexibility index (Phi) is 4.73. The first-order valence-electron chi connectivity index (χ1n) is 8.74. The van der Waals surface area contributed by atoms with Crippen molar-refractivity contribution >= 4 is 33.4 Å². The summed E-state index contributed by atoms with van der Waals surface area (Å²) < 4.78 is 6.80. The molecule has 0 bridgehead atoms. The molecule has 1 atom stereocenters. The van der Waals surface area contributed by atoms with Crippen LogP contribution in [0.1, 0.15) is 12.8 Å². The maximum absolute atomic E-state index is 12.5. The van der Waals surface area contributed by atoms with Gasteiger partial charge in [-0.15, -0.1) is 11.3 Å². The van der Waals surface area contributed by atoms with Gasteiger partial charge in [-0.25, -0.2) is 4.98 Å². The van der Waals surface area contributed by atoms with Gasteiger partial charge in [0.1, 0.15) is 17.5 Å². The molecule has 1 unspecified atom stereocenters. The summed E-state index contributed by atoms with van der Waals surface area (Å²) in [6.07, 6.45) is 2.81. The lowest BCUT2D eigenvalue weighted by Gasteiger charge is -2.35. The van der Waals surface area contributed by atoms with Crippen LogP contribution in [-0.2, 0) is 20.9 Å². The zero-order valence-electron chi connectivity index (χ0n) is 14.3. The Morgan fingerprint density at radius 1 is 1.23 bits per heavy atom. The van der Waals surface area contributed by atoms with E-state index in [2.05, 4.69) is 4.98 Å². The molecule has 0 radical (unpaired) electrons. The minimum absolute atomic E-state index is 0.0259. The summed E-state index contributed by atoms with van der Waals surface area (Å²) in [7, 11) is 0. The third-order valence-corrected chi connectivity index (χ3v) is 5.73. The molecule has 0 N–H and O–H groups in total. The summed E-state index contributed by atoms with van der Waals surface area (Å²) in [6.45, 7) is 2.56. The van der Waals surface area contributed by atoms with Gasteiger partial charge in [-0.3, -0.25) is 19.0 Å². The van der Waals surface area contributed by atoms with Crippen molar-refractivity contribution in [3.63, 3.8) is 0 Å². The van der Waals surface area contributed by atoms with E-state index in [9.17, 15) is 14.4 Å². The first-order chi connectivity index (χ1) is 12.6. The second-order valence-electron chi connectivity index (χ2n) is 6.52. The lowest BCUT2D eigenvalue weighted by atomic mass is 10.2. The number of aromatic nitrogens is 2. The molecule has 4 rings (SSSR count). The Labute approximate surface area is 154 Å². The molecule has 2 aromatic heterocycles. The predicted octanol–water partition coefficient (Wildman–Crippen LogP) is 0.308. The van der Waals surface area contributed by atoms with Crippen molar-refractivity contribution in [2.24, 2.45) is 0 Å². The van der Waals surface area contributed by atoms with Crippen LogP contribution in [0, 0.1) is 0 Å². The molecule has 0 spiro atoms. The lowest BCUT2D eigenvalue weighted by Crippen LogP contribution is -2.53. The molecule has 2 aliphatic heterocycles. The Morgan fingerprint density at radius 3 is 2.73 bits per heavy atom.